The molecule has 0 bridgehead atoms. The number of aryl methyl sites for hydroxylation is 1. The van der Waals surface area contributed by atoms with Crippen molar-refractivity contribution in [3.8, 4) is 0 Å². The largest absolute Gasteiger partial charge is 0.392 e. The van der Waals surface area contributed by atoms with E-state index in [2.05, 4.69) is 4.98 Å². The molecule has 1 N–H and O–H groups in total. The van der Waals surface area contributed by atoms with E-state index < -0.39 is 0 Å². The quantitative estimate of drug-likeness (QED) is 0.668. The summed E-state index contributed by atoms with van der Waals surface area (Å²) in [6.07, 6.45) is 1.70. The lowest BCUT2D eigenvalue weighted by atomic mass is 10.2. The van der Waals surface area contributed by atoms with Gasteiger partial charge in [-0.2, -0.15) is 0 Å². The molecule has 1 aromatic rings. The summed E-state index contributed by atoms with van der Waals surface area (Å²) in [5, 5.41) is 8.63. The molecular weight excluding hydrogens is 138 g/mol. The molecule has 0 aliphatic rings. The monoisotopic (exact) mass is 153 g/mol. The van der Waals surface area contributed by atoms with Gasteiger partial charge in [0.05, 0.1) is 6.61 Å². The molecule has 0 unspecified atom stereocenters. The van der Waals surface area contributed by atoms with E-state index in [0.29, 0.717) is 0 Å². The van der Waals surface area contributed by atoms with Gasteiger partial charge in [-0.25, -0.2) is 0 Å². The second-order valence-electron chi connectivity index (χ2n) is 1.96. The third-order valence-corrected chi connectivity index (χ3v) is 1.14. The van der Waals surface area contributed by atoms with Crippen LogP contribution in [0.3, 0.4) is 0 Å². The first-order valence-electron chi connectivity index (χ1n) is 3.85. The summed E-state index contributed by atoms with van der Waals surface area (Å²) in [5.74, 6) is 0. The van der Waals surface area contributed by atoms with E-state index >= 15 is 0 Å². The lowest BCUT2D eigenvalue weighted by molar-refractivity contribution is 0.281. The Labute approximate surface area is 67.9 Å². The van der Waals surface area contributed by atoms with E-state index in [0.717, 1.165) is 11.3 Å². The molecule has 0 spiro atoms. The predicted octanol–water partition coefficient (Wildman–Crippen LogP) is 1.91. The van der Waals surface area contributed by atoms with Crippen LogP contribution >= 0.6 is 0 Å². The van der Waals surface area contributed by atoms with Crippen molar-refractivity contribution in [2.75, 3.05) is 0 Å². The zero-order chi connectivity index (χ0) is 8.69. The molecule has 0 atom stereocenters. The lowest BCUT2D eigenvalue weighted by Crippen LogP contribution is -1.85. The van der Waals surface area contributed by atoms with Crippen LogP contribution in [0.15, 0.2) is 18.3 Å². The number of aliphatic hydroxyl groups excluding tert-OH is 1. The van der Waals surface area contributed by atoms with Crippen molar-refractivity contribution in [3.05, 3.63) is 29.6 Å². The van der Waals surface area contributed by atoms with Crippen molar-refractivity contribution < 1.29 is 5.11 Å². The molecule has 2 heteroatoms. The van der Waals surface area contributed by atoms with Gasteiger partial charge in [0.25, 0.3) is 0 Å². The third kappa shape index (κ3) is 3.73. The van der Waals surface area contributed by atoms with Gasteiger partial charge >= 0.3 is 0 Å². The predicted molar refractivity (Wildman–Crippen MR) is 46.2 cm³/mol. The van der Waals surface area contributed by atoms with Crippen molar-refractivity contribution in [1.29, 1.82) is 0 Å². The number of hydrogen-bond donors (Lipinski definition) is 1. The van der Waals surface area contributed by atoms with Gasteiger partial charge in [-0.15, -0.1) is 0 Å². The summed E-state index contributed by atoms with van der Waals surface area (Å²) >= 11 is 0. The van der Waals surface area contributed by atoms with Gasteiger partial charge in [-0.3, -0.25) is 4.98 Å². The molecule has 0 fully saturated rings. The van der Waals surface area contributed by atoms with Crippen LogP contribution < -0.4 is 0 Å². The van der Waals surface area contributed by atoms with Gasteiger partial charge in [0.1, 0.15) is 0 Å². The minimum absolute atomic E-state index is 0.101. The molecule has 62 valence electrons. The molecule has 1 heterocycles. The molecule has 0 amide bonds. The van der Waals surface area contributed by atoms with Gasteiger partial charge in [-0.1, -0.05) is 13.8 Å². The van der Waals surface area contributed by atoms with Crippen LogP contribution in [0.5, 0.6) is 0 Å². The van der Waals surface area contributed by atoms with Gasteiger partial charge in [-0.05, 0) is 24.6 Å². The van der Waals surface area contributed by atoms with E-state index in [4.69, 9.17) is 5.11 Å². The SMILES string of the molecule is CC.Cc1cc(CO)ccn1. The minimum Gasteiger partial charge on any atom is -0.392 e. The van der Waals surface area contributed by atoms with Crippen LogP contribution in [0.4, 0.5) is 0 Å². The summed E-state index contributed by atoms with van der Waals surface area (Å²) in [4.78, 5) is 3.98. The van der Waals surface area contributed by atoms with Crippen molar-refractivity contribution in [2.24, 2.45) is 0 Å². The topological polar surface area (TPSA) is 33.1 Å². The van der Waals surface area contributed by atoms with Gasteiger partial charge in [0.15, 0.2) is 0 Å². The molecule has 11 heavy (non-hydrogen) atoms. The molecule has 0 aromatic carbocycles. The van der Waals surface area contributed by atoms with Crippen molar-refractivity contribution in [1.82, 2.24) is 4.98 Å². The molecular formula is C9H15NO. The van der Waals surface area contributed by atoms with Gasteiger partial charge < -0.3 is 5.11 Å². The van der Waals surface area contributed by atoms with Crippen LogP contribution in [0.1, 0.15) is 25.1 Å². The maximum atomic E-state index is 8.63. The summed E-state index contributed by atoms with van der Waals surface area (Å²) in [6, 6.07) is 3.66. The Balaban J connectivity index is 0.000000461. The van der Waals surface area contributed by atoms with Crippen LogP contribution in [-0.4, -0.2) is 10.1 Å². The lowest BCUT2D eigenvalue weighted by Gasteiger charge is -1.94. The van der Waals surface area contributed by atoms with E-state index in [1.807, 2.05) is 26.8 Å². The highest BCUT2D eigenvalue weighted by molar-refractivity contribution is 5.13. The number of aliphatic hydroxyl groups is 1. The van der Waals surface area contributed by atoms with E-state index in [1.165, 1.54) is 0 Å². The van der Waals surface area contributed by atoms with Crippen LogP contribution in [0.25, 0.3) is 0 Å². The molecule has 0 aliphatic carbocycles. The highest BCUT2D eigenvalue weighted by Crippen LogP contribution is 1.98. The zero-order valence-electron chi connectivity index (χ0n) is 7.33. The Hall–Kier alpha value is -0.890. The highest BCUT2D eigenvalue weighted by Gasteiger charge is 1.87. The van der Waals surface area contributed by atoms with Crippen molar-refractivity contribution in [2.45, 2.75) is 27.4 Å². The van der Waals surface area contributed by atoms with Crippen LogP contribution in [0, 0.1) is 6.92 Å². The summed E-state index contributed by atoms with van der Waals surface area (Å²) < 4.78 is 0. The molecule has 0 aliphatic heterocycles. The zero-order valence-corrected chi connectivity index (χ0v) is 7.33. The number of aromatic nitrogens is 1. The summed E-state index contributed by atoms with van der Waals surface area (Å²) in [5.41, 5.74) is 1.86. The highest BCUT2D eigenvalue weighted by atomic mass is 16.3. The average Bonchev–Trinajstić information content (AvgIpc) is 2.08. The number of nitrogens with zero attached hydrogens (tertiary/aromatic N) is 1. The fraction of sp³-hybridized carbons (Fsp3) is 0.444. The second kappa shape index (κ2) is 5.86. The molecule has 1 aromatic heterocycles. The van der Waals surface area contributed by atoms with Crippen LogP contribution in [-0.2, 0) is 6.61 Å². The molecule has 2 nitrogen and oxygen atoms in total. The Kier molecular flexibility index (Phi) is 5.39. The van der Waals surface area contributed by atoms with Crippen molar-refractivity contribution >= 4 is 0 Å². The first-order valence-corrected chi connectivity index (χ1v) is 3.85. The maximum absolute atomic E-state index is 8.63. The Morgan fingerprint density at radius 3 is 2.45 bits per heavy atom. The Morgan fingerprint density at radius 1 is 1.45 bits per heavy atom. The first kappa shape index (κ1) is 10.1. The Bertz CT molecular complexity index is 199. The van der Waals surface area contributed by atoms with Crippen molar-refractivity contribution in [3.63, 3.8) is 0 Å². The van der Waals surface area contributed by atoms with Crippen LogP contribution in [0.2, 0.25) is 0 Å². The Morgan fingerprint density at radius 2 is 2.09 bits per heavy atom. The first-order chi connectivity index (χ1) is 5.33. The molecule has 0 saturated heterocycles. The van der Waals surface area contributed by atoms with Gasteiger partial charge in [0, 0.05) is 11.9 Å². The van der Waals surface area contributed by atoms with Gasteiger partial charge in [0.2, 0.25) is 0 Å². The third-order valence-electron chi connectivity index (χ3n) is 1.14. The minimum atomic E-state index is 0.101. The smallest absolute Gasteiger partial charge is 0.0683 e. The van der Waals surface area contributed by atoms with E-state index in [1.54, 1.807) is 12.3 Å². The number of rotatable bonds is 1. The second-order valence-corrected chi connectivity index (χ2v) is 1.96. The summed E-state index contributed by atoms with van der Waals surface area (Å²) in [6.45, 7) is 6.00. The number of hydrogen-bond acceptors (Lipinski definition) is 2. The summed E-state index contributed by atoms with van der Waals surface area (Å²) in [7, 11) is 0. The molecule has 0 radical (unpaired) electrons. The molecule has 1 rings (SSSR count). The van der Waals surface area contributed by atoms with E-state index in [-0.39, 0.29) is 6.61 Å². The fourth-order valence-corrected chi connectivity index (χ4v) is 0.703. The standard InChI is InChI=1S/C7H9NO.C2H6/c1-6-4-7(5-9)2-3-8-6;1-2/h2-4,9H,5H2,1H3;1-2H3. The number of pyridine rings is 1. The van der Waals surface area contributed by atoms with E-state index in [9.17, 15) is 0 Å². The fourth-order valence-electron chi connectivity index (χ4n) is 0.703. The maximum Gasteiger partial charge on any atom is 0.0683 e. The normalized spacial score (nSPS) is 8.36. The molecule has 0 saturated carbocycles. The average molecular weight is 153 g/mol.